The summed E-state index contributed by atoms with van der Waals surface area (Å²) in [6, 6.07) is 14.3. The number of benzene rings is 2. The lowest BCUT2D eigenvalue weighted by Gasteiger charge is -2.12. The smallest absolute Gasteiger partial charge is 0.342 e. The van der Waals surface area contributed by atoms with Gasteiger partial charge in [0, 0.05) is 11.8 Å². The van der Waals surface area contributed by atoms with Crippen LogP contribution in [-0.4, -0.2) is 43.6 Å². The molecule has 2 amide bonds. The first-order chi connectivity index (χ1) is 16.0. The van der Waals surface area contributed by atoms with E-state index in [4.69, 9.17) is 18.9 Å². The number of hydrazine groups is 1. The van der Waals surface area contributed by atoms with Crippen LogP contribution in [0.5, 0.6) is 23.0 Å². The summed E-state index contributed by atoms with van der Waals surface area (Å²) in [4.78, 5) is 40.7. The highest BCUT2D eigenvalue weighted by Crippen LogP contribution is 2.27. The summed E-state index contributed by atoms with van der Waals surface area (Å²) >= 11 is 0. The molecule has 0 unspecified atom stereocenters. The Morgan fingerprint density at radius 2 is 1.67 bits per heavy atom. The second kappa shape index (κ2) is 11.1. The minimum atomic E-state index is -0.768. The van der Waals surface area contributed by atoms with Crippen LogP contribution in [0.4, 0.5) is 0 Å². The molecule has 0 fully saturated rings. The van der Waals surface area contributed by atoms with Gasteiger partial charge in [0.2, 0.25) is 0 Å². The van der Waals surface area contributed by atoms with Crippen LogP contribution in [0.2, 0.25) is 0 Å². The van der Waals surface area contributed by atoms with Gasteiger partial charge in [-0.25, -0.2) is 4.79 Å². The van der Waals surface area contributed by atoms with Crippen LogP contribution in [0.1, 0.15) is 20.7 Å². The largest absolute Gasteiger partial charge is 0.493 e. The number of nitrogens with one attached hydrogen (secondary N) is 2. The van der Waals surface area contributed by atoms with Gasteiger partial charge in [0.05, 0.1) is 20.4 Å². The number of amides is 2. The molecule has 3 aromatic rings. The minimum Gasteiger partial charge on any atom is -0.493 e. The number of nitrogens with zero attached hydrogens (tertiary/aromatic N) is 1. The molecule has 2 aromatic carbocycles. The van der Waals surface area contributed by atoms with Gasteiger partial charge >= 0.3 is 5.97 Å². The van der Waals surface area contributed by atoms with Gasteiger partial charge < -0.3 is 18.9 Å². The molecule has 0 saturated heterocycles. The highest BCUT2D eigenvalue weighted by atomic mass is 16.5. The molecule has 0 saturated carbocycles. The molecular weight excluding hydrogens is 430 g/mol. The third kappa shape index (κ3) is 6.20. The number of pyridine rings is 1. The van der Waals surface area contributed by atoms with Crippen LogP contribution in [0, 0.1) is 0 Å². The van der Waals surface area contributed by atoms with E-state index in [0.29, 0.717) is 17.2 Å². The molecule has 170 valence electrons. The van der Waals surface area contributed by atoms with E-state index >= 15 is 0 Å². The molecule has 1 aromatic heterocycles. The van der Waals surface area contributed by atoms with Crippen molar-refractivity contribution >= 4 is 17.8 Å². The number of carbonyl (C=O) groups excluding carboxylic acids is 3. The Kier molecular flexibility index (Phi) is 7.79. The van der Waals surface area contributed by atoms with E-state index in [9.17, 15) is 14.4 Å². The van der Waals surface area contributed by atoms with Crippen LogP contribution >= 0.6 is 0 Å². The Morgan fingerprint density at radius 3 is 2.39 bits per heavy atom. The third-order valence-corrected chi connectivity index (χ3v) is 4.26. The number of esters is 1. The molecular formula is C23H21N3O7. The highest BCUT2D eigenvalue weighted by Gasteiger charge is 2.17. The molecule has 0 aliphatic heterocycles. The van der Waals surface area contributed by atoms with Crippen molar-refractivity contribution in [2.24, 2.45) is 0 Å². The van der Waals surface area contributed by atoms with E-state index in [1.165, 1.54) is 38.6 Å². The first-order valence-corrected chi connectivity index (χ1v) is 9.67. The number of aromatic nitrogens is 1. The lowest BCUT2D eigenvalue weighted by molar-refractivity contribution is -0.125. The Bertz CT molecular complexity index is 1140. The molecule has 0 spiro atoms. The molecule has 10 nitrogen and oxygen atoms in total. The normalized spacial score (nSPS) is 10.0. The maximum Gasteiger partial charge on any atom is 0.342 e. The van der Waals surface area contributed by atoms with Gasteiger partial charge in [0.15, 0.2) is 18.1 Å². The van der Waals surface area contributed by atoms with E-state index in [0.717, 1.165) is 0 Å². The summed E-state index contributed by atoms with van der Waals surface area (Å²) < 4.78 is 21.0. The number of carbonyl (C=O) groups is 3. The van der Waals surface area contributed by atoms with Crippen molar-refractivity contribution in [3.05, 3.63) is 78.1 Å². The van der Waals surface area contributed by atoms with E-state index in [1.807, 2.05) is 0 Å². The van der Waals surface area contributed by atoms with Gasteiger partial charge in [-0.2, -0.15) is 0 Å². The van der Waals surface area contributed by atoms with Gasteiger partial charge in [-0.3, -0.25) is 25.4 Å². The van der Waals surface area contributed by atoms with Crippen molar-refractivity contribution in [3.63, 3.8) is 0 Å². The van der Waals surface area contributed by atoms with Gasteiger partial charge in [-0.1, -0.05) is 12.1 Å². The molecule has 10 heteroatoms. The predicted octanol–water partition coefficient (Wildman–Crippen LogP) is 2.51. The van der Waals surface area contributed by atoms with E-state index in [1.54, 1.807) is 42.6 Å². The molecule has 33 heavy (non-hydrogen) atoms. The van der Waals surface area contributed by atoms with Crippen LogP contribution in [0.25, 0.3) is 0 Å². The third-order valence-electron chi connectivity index (χ3n) is 4.26. The number of para-hydroxylation sites is 1. The Labute approximate surface area is 189 Å². The number of rotatable bonds is 8. The maximum absolute atomic E-state index is 12.4. The van der Waals surface area contributed by atoms with Crippen LogP contribution in [-0.2, 0) is 9.53 Å². The fourth-order valence-corrected chi connectivity index (χ4v) is 2.68. The average Bonchev–Trinajstić information content (AvgIpc) is 2.86. The van der Waals surface area contributed by atoms with Crippen molar-refractivity contribution in [1.29, 1.82) is 0 Å². The second-order valence-corrected chi connectivity index (χ2v) is 6.44. The molecule has 0 atom stereocenters. The Balaban J connectivity index is 1.53. The van der Waals surface area contributed by atoms with Crippen molar-refractivity contribution in [3.8, 4) is 23.0 Å². The Morgan fingerprint density at radius 1 is 0.879 bits per heavy atom. The zero-order chi connectivity index (χ0) is 23.6. The zero-order valence-electron chi connectivity index (χ0n) is 17.9. The Hall–Kier alpha value is -4.60. The van der Waals surface area contributed by atoms with Crippen molar-refractivity contribution in [1.82, 2.24) is 15.8 Å². The molecule has 1 heterocycles. The predicted molar refractivity (Wildman–Crippen MR) is 116 cm³/mol. The SMILES string of the molecule is COc1ccc(C(=O)NNC(=O)COC(=O)c2ccccc2Oc2cccnc2)cc1OC. The molecule has 2 N–H and O–H groups in total. The van der Waals surface area contributed by atoms with Crippen LogP contribution < -0.4 is 25.1 Å². The number of hydrogen-bond donors (Lipinski definition) is 2. The maximum atomic E-state index is 12.4. The standard InChI is InChI=1S/C23H21N3O7/c1-30-19-10-9-15(12-20(19)31-2)22(28)26-25-21(27)14-32-23(29)17-7-3-4-8-18(17)33-16-6-5-11-24-13-16/h3-13H,14H2,1-2H3,(H,25,27)(H,26,28). The van der Waals surface area contributed by atoms with Gasteiger partial charge in [-0.15, -0.1) is 0 Å². The monoisotopic (exact) mass is 451 g/mol. The highest BCUT2D eigenvalue weighted by molar-refractivity contribution is 5.97. The van der Waals surface area contributed by atoms with E-state index in [2.05, 4.69) is 15.8 Å². The summed E-state index contributed by atoms with van der Waals surface area (Å²) in [6.07, 6.45) is 3.09. The van der Waals surface area contributed by atoms with E-state index in [-0.39, 0.29) is 16.9 Å². The average molecular weight is 451 g/mol. The summed E-state index contributed by atoms with van der Waals surface area (Å²) in [5.41, 5.74) is 4.77. The first kappa shape index (κ1) is 23.1. The second-order valence-electron chi connectivity index (χ2n) is 6.44. The molecule has 3 rings (SSSR count). The fourth-order valence-electron chi connectivity index (χ4n) is 2.68. The quantitative estimate of drug-likeness (QED) is 0.395. The fraction of sp³-hybridized carbons (Fsp3) is 0.130. The van der Waals surface area contributed by atoms with Crippen molar-refractivity contribution in [2.75, 3.05) is 20.8 Å². The molecule has 0 aliphatic rings. The number of methoxy groups -OCH3 is 2. The van der Waals surface area contributed by atoms with Gasteiger partial charge in [0.25, 0.3) is 11.8 Å². The molecule has 0 bridgehead atoms. The van der Waals surface area contributed by atoms with E-state index < -0.39 is 24.4 Å². The van der Waals surface area contributed by atoms with Gasteiger partial charge in [-0.05, 0) is 42.5 Å². The summed E-state index contributed by atoms with van der Waals surface area (Å²) in [5, 5.41) is 0. The summed E-state index contributed by atoms with van der Waals surface area (Å²) in [6.45, 7) is -0.619. The molecule has 0 radical (unpaired) electrons. The lowest BCUT2D eigenvalue weighted by atomic mass is 10.2. The first-order valence-electron chi connectivity index (χ1n) is 9.67. The minimum absolute atomic E-state index is 0.128. The van der Waals surface area contributed by atoms with Crippen molar-refractivity contribution in [2.45, 2.75) is 0 Å². The molecule has 0 aliphatic carbocycles. The van der Waals surface area contributed by atoms with Crippen LogP contribution in [0.3, 0.4) is 0 Å². The lowest BCUT2D eigenvalue weighted by Crippen LogP contribution is -2.43. The van der Waals surface area contributed by atoms with Crippen molar-refractivity contribution < 1.29 is 33.3 Å². The van der Waals surface area contributed by atoms with Crippen LogP contribution in [0.15, 0.2) is 67.0 Å². The van der Waals surface area contributed by atoms with Gasteiger partial charge in [0.1, 0.15) is 17.1 Å². The number of hydrogen-bond acceptors (Lipinski definition) is 8. The zero-order valence-corrected chi connectivity index (χ0v) is 17.9. The number of ether oxygens (including phenoxy) is 4. The summed E-state index contributed by atoms with van der Waals surface area (Å²) in [7, 11) is 2.91. The topological polar surface area (TPSA) is 125 Å². The summed E-state index contributed by atoms with van der Waals surface area (Å²) in [5.74, 6) is -0.592.